The molecule has 4 nitrogen and oxygen atoms in total. The Kier molecular flexibility index (Phi) is 4.50. The second-order valence-electron chi connectivity index (χ2n) is 6.03. The quantitative estimate of drug-likeness (QED) is 0.835. The van der Waals surface area contributed by atoms with E-state index >= 15 is 0 Å². The number of Topliss-reactive ketones (excluding diaryl/α,β-unsaturated/α-hetero) is 1. The van der Waals surface area contributed by atoms with Crippen LogP contribution in [0.5, 0.6) is 0 Å². The third-order valence-electron chi connectivity index (χ3n) is 3.74. The van der Waals surface area contributed by atoms with Gasteiger partial charge in [-0.05, 0) is 18.8 Å². The van der Waals surface area contributed by atoms with Gasteiger partial charge in [-0.3, -0.25) is 4.79 Å². The molecule has 0 spiro atoms. The minimum Gasteiger partial charge on any atom is -0.299 e. The maximum Gasteiger partial charge on any atom is 0.248 e. The Morgan fingerprint density at radius 3 is 2.70 bits per heavy atom. The van der Waals surface area contributed by atoms with Crippen molar-refractivity contribution in [2.75, 3.05) is 0 Å². The number of hydrogen-bond acceptors (Lipinski definition) is 3. The Labute approximate surface area is 117 Å². The van der Waals surface area contributed by atoms with Crippen molar-refractivity contribution in [3.63, 3.8) is 0 Å². The normalized spacial score (nSPS) is 19.4. The highest BCUT2D eigenvalue weighted by Crippen LogP contribution is 2.36. The molecule has 1 aromatic rings. The van der Waals surface area contributed by atoms with Gasteiger partial charge < -0.3 is 0 Å². The number of nitrogens with zero attached hydrogens (tertiary/aromatic N) is 3. The highest BCUT2D eigenvalue weighted by atomic mass is 19.3. The van der Waals surface area contributed by atoms with Crippen molar-refractivity contribution < 1.29 is 13.6 Å². The summed E-state index contributed by atoms with van der Waals surface area (Å²) in [5, 5.41) is 4.11. The highest BCUT2D eigenvalue weighted by Gasteiger charge is 2.37. The van der Waals surface area contributed by atoms with E-state index in [1.54, 1.807) is 4.68 Å². The average molecular weight is 285 g/mol. The summed E-state index contributed by atoms with van der Waals surface area (Å²) in [6.45, 7) is 4.85. The van der Waals surface area contributed by atoms with E-state index in [0.29, 0.717) is 18.3 Å². The summed E-state index contributed by atoms with van der Waals surface area (Å²) >= 11 is 0. The standard InChI is InChI=1S/C14H21F2N3O/c1-10(2)8-19-13(17-9-18-19)7-12(20)11-3-5-14(15,16)6-4-11/h9-11H,3-8H2,1-2H3. The number of carbonyl (C=O) groups excluding carboxylic acids is 1. The minimum atomic E-state index is -2.59. The average Bonchev–Trinajstić information content (AvgIpc) is 2.75. The number of aromatic nitrogens is 3. The molecule has 6 heteroatoms. The Hall–Kier alpha value is -1.33. The number of rotatable bonds is 5. The van der Waals surface area contributed by atoms with Crippen LogP contribution in [0.3, 0.4) is 0 Å². The lowest BCUT2D eigenvalue weighted by molar-refractivity contribution is -0.126. The van der Waals surface area contributed by atoms with Gasteiger partial charge in [0.15, 0.2) is 0 Å². The van der Waals surface area contributed by atoms with Crippen molar-refractivity contribution in [2.24, 2.45) is 11.8 Å². The third kappa shape index (κ3) is 3.84. The summed E-state index contributed by atoms with van der Waals surface area (Å²) in [7, 11) is 0. The van der Waals surface area contributed by atoms with Crippen molar-refractivity contribution in [2.45, 2.75) is 58.4 Å². The van der Waals surface area contributed by atoms with Crippen LogP contribution in [0.15, 0.2) is 6.33 Å². The summed E-state index contributed by atoms with van der Waals surface area (Å²) in [5.74, 6) is -1.77. The molecule has 1 aliphatic carbocycles. The second-order valence-corrected chi connectivity index (χ2v) is 6.03. The van der Waals surface area contributed by atoms with Gasteiger partial charge in [-0.25, -0.2) is 18.4 Å². The smallest absolute Gasteiger partial charge is 0.248 e. The summed E-state index contributed by atoms with van der Waals surface area (Å²) in [5.41, 5.74) is 0. The van der Waals surface area contributed by atoms with E-state index in [1.807, 2.05) is 0 Å². The summed E-state index contributed by atoms with van der Waals surface area (Å²) in [6, 6.07) is 0. The molecule has 20 heavy (non-hydrogen) atoms. The lowest BCUT2D eigenvalue weighted by atomic mass is 9.83. The number of alkyl halides is 2. The molecule has 2 rings (SSSR count). The predicted octanol–water partition coefficient (Wildman–Crippen LogP) is 2.87. The molecule has 1 aliphatic rings. The van der Waals surface area contributed by atoms with Crippen molar-refractivity contribution in [3.05, 3.63) is 12.2 Å². The SMILES string of the molecule is CC(C)Cn1ncnc1CC(=O)C1CCC(F)(F)CC1. The van der Waals surface area contributed by atoms with E-state index in [0.717, 1.165) is 0 Å². The van der Waals surface area contributed by atoms with E-state index in [2.05, 4.69) is 23.9 Å². The Balaban J connectivity index is 1.93. The molecule has 1 saturated carbocycles. The molecular weight excluding hydrogens is 264 g/mol. The topological polar surface area (TPSA) is 47.8 Å². The Bertz CT molecular complexity index is 461. The number of hydrogen-bond donors (Lipinski definition) is 0. The van der Waals surface area contributed by atoms with E-state index in [9.17, 15) is 13.6 Å². The fourth-order valence-electron chi connectivity index (χ4n) is 2.59. The fraction of sp³-hybridized carbons (Fsp3) is 0.786. The molecule has 0 unspecified atom stereocenters. The third-order valence-corrected chi connectivity index (χ3v) is 3.74. The van der Waals surface area contributed by atoms with Gasteiger partial charge in [-0.1, -0.05) is 13.8 Å². The Morgan fingerprint density at radius 1 is 1.45 bits per heavy atom. The van der Waals surface area contributed by atoms with Gasteiger partial charge in [0, 0.05) is 25.3 Å². The first-order chi connectivity index (χ1) is 9.37. The van der Waals surface area contributed by atoms with Crippen LogP contribution in [0.25, 0.3) is 0 Å². The van der Waals surface area contributed by atoms with Crippen LogP contribution in [0, 0.1) is 11.8 Å². The van der Waals surface area contributed by atoms with Crippen molar-refractivity contribution in [1.82, 2.24) is 14.8 Å². The summed E-state index contributed by atoms with van der Waals surface area (Å²) < 4.78 is 27.9. The van der Waals surface area contributed by atoms with E-state index < -0.39 is 5.92 Å². The molecule has 0 amide bonds. The van der Waals surface area contributed by atoms with Crippen LogP contribution >= 0.6 is 0 Å². The molecule has 1 fully saturated rings. The van der Waals surface area contributed by atoms with Gasteiger partial charge in [0.05, 0.1) is 6.42 Å². The first kappa shape index (κ1) is 15.1. The van der Waals surface area contributed by atoms with E-state index in [1.165, 1.54) is 6.33 Å². The minimum absolute atomic E-state index is 0.0125. The van der Waals surface area contributed by atoms with Crippen molar-refractivity contribution in [3.8, 4) is 0 Å². The zero-order valence-corrected chi connectivity index (χ0v) is 12.0. The van der Waals surface area contributed by atoms with E-state index in [-0.39, 0.29) is 43.8 Å². The number of ketones is 1. The van der Waals surface area contributed by atoms with Gasteiger partial charge in [-0.2, -0.15) is 5.10 Å². The van der Waals surface area contributed by atoms with Crippen molar-refractivity contribution in [1.29, 1.82) is 0 Å². The van der Waals surface area contributed by atoms with Crippen LogP contribution in [0.2, 0.25) is 0 Å². The fourth-order valence-corrected chi connectivity index (χ4v) is 2.59. The zero-order valence-electron chi connectivity index (χ0n) is 12.0. The van der Waals surface area contributed by atoms with E-state index in [4.69, 9.17) is 0 Å². The van der Waals surface area contributed by atoms with Gasteiger partial charge in [-0.15, -0.1) is 0 Å². The monoisotopic (exact) mass is 285 g/mol. The first-order valence-corrected chi connectivity index (χ1v) is 7.14. The van der Waals surface area contributed by atoms with Gasteiger partial charge in [0.1, 0.15) is 17.9 Å². The van der Waals surface area contributed by atoms with Crippen molar-refractivity contribution >= 4 is 5.78 Å². The molecule has 112 valence electrons. The lowest BCUT2D eigenvalue weighted by Crippen LogP contribution is -2.30. The first-order valence-electron chi connectivity index (χ1n) is 7.14. The molecule has 1 aromatic heterocycles. The molecule has 0 N–H and O–H groups in total. The molecule has 0 aliphatic heterocycles. The molecule has 0 aromatic carbocycles. The van der Waals surface area contributed by atoms with Crippen LogP contribution < -0.4 is 0 Å². The molecule has 0 atom stereocenters. The Morgan fingerprint density at radius 2 is 2.10 bits per heavy atom. The number of halogens is 2. The van der Waals surface area contributed by atoms with Crippen LogP contribution in [0.1, 0.15) is 45.4 Å². The van der Waals surface area contributed by atoms with Gasteiger partial charge in [0.25, 0.3) is 0 Å². The predicted molar refractivity (Wildman–Crippen MR) is 70.5 cm³/mol. The highest BCUT2D eigenvalue weighted by molar-refractivity contribution is 5.82. The number of carbonyl (C=O) groups is 1. The summed E-state index contributed by atoms with van der Waals surface area (Å²) in [6.07, 6.45) is 1.85. The molecule has 0 saturated heterocycles. The van der Waals surface area contributed by atoms with Gasteiger partial charge >= 0.3 is 0 Å². The lowest BCUT2D eigenvalue weighted by Gasteiger charge is -2.27. The largest absolute Gasteiger partial charge is 0.299 e. The molecule has 1 heterocycles. The second kappa shape index (κ2) is 5.97. The molecule has 0 bridgehead atoms. The zero-order chi connectivity index (χ0) is 14.8. The van der Waals surface area contributed by atoms with Crippen LogP contribution in [-0.4, -0.2) is 26.5 Å². The summed E-state index contributed by atoms with van der Waals surface area (Å²) in [4.78, 5) is 16.3. The van der Waals surface area contributed by atoms with Crippen LogP contribution in [-0.2, 0) is 17.8 Å². The van der Waals surface area contributed by atoms with Gasteiger partial charge in [0.2, 0.25) is 5.92 Å². The van der Waals surface area contributed by atoms with Crippen LogP contribution in [0.4, 0.5) is 8.78 Å². The maximum atomic E-state index is 13.1. The molecule has 0 radical (unpaired) electrons. The maximum absolute atomic E-state index is 13.1. The molecular formula is C14H21F2N3O.